The van der Waals surface area contributed by atoms with Crippen LogP contribution in [0.5, 0.6) is 17.6 Å². The van der Waals surface area contributed by atoms with Crippen molar-refractivity contribution in [3.05, 3.63) is 116 Å². The number of ketones is 2. The summed E-state index contributed by atoms with van der Waals surface area (Å²) in [5, 5.41) is 37.2. The van der Waals surface area contributed by atoms with E-state index in [2.05, 4.69) is 53.9 Å². The molecule has 0 spiro atoms. The number of anilines is 2. The summed E-state index contributed by atoms with van der Waals surface area (Å²) in [5.74, 6) is -2.20. The van der Waals surface area contributed by atoms with E-state index in [0.29, 0.717) is 76.5 Å². The Labute approximate surface area is 608 Å². The van der Waals surface area contributed by atoms with Crippen LogP contribution in [0.2, 0.25) is 10.0 Å². The molecule has 3 atom stereocenters. The molecule has 2 aromatic heterocycles. The largest absolute Gasteiger partial charge is 0.511 e. The first-order valence-electron chi connectivity index (χ1n) is 31.2. The number of oxime groups is 1. The fourth-order valence-electron chi connectivity index (χ4n) is 9.90. The standard InChI is InChI=1S/C17H21N5O9S2.C17H29NO3S.C16H18Cl2N2O4.C14H13F3N2O4S/c1-29-13-8-14(30-2)20-16(19-13)21-17(24)22-33(27,28)12-7-10(9-18-32(4,25)26)5-6-11(12)15(23)31-3;1-5-8-14(18-21-6-2)17-15(19)10-13(11-16(17)20)9-12(4)22-7-3;1-4-23-14(21)12-9-16(3,15(22)24-5-2)20(19-12)13-7-6-10(17)8-11(13)18;1-7-11(13(21)19(2)18-7)12(20)9-5-4-8(14(15,16)17)6-10(9)24(3,22)23/h5-8,18H,9H2,1-4H3,(H2,19,20,21,22,24);12-13,19H,5-11H2,1-4H3;6-8H,4-5,9H2,1-3H3;4-6,21H,1-3H3/b;18-14-;;. The summed E-state index contributed by atoms with van der Waals surface area (Å²) in [6.45, 7) is 15.3. The van der Waals surface area contributed by atoms with Crippen LogP contribution in [0.1, 0.15) is 130 Å². The third kappa shape index (κ3) is 24.5. The molecule has 0 saturated heterocycles. The van der Waals surface area contributed by atoms with Crippen LogP contribution in [0.25, 0.3) is 0 Å². The zero-order chi connectivity index (χ0) is 77.7. The van der Waals surface area contributed by atoms with E-state index in [0.717, 1.165) is 54.8 Å². The average Bonchev–Trinajstić information content (AvgIpc) is 1.66. The average molecular weight is 1570 g/mol. The number of allylic oxidation sites excluding steroid dienone is 2. The predicted octanol–water partition coefficient (Wildman–Crippen LogP) is 9.87. The smallest absolute Gasteiger partial charge is 0.416 e. The molecule has 103 heavy (non-hydrogen) atoms. The number of hydrogen-bond donors (Lipinski definition) is 5. The molecule has 566 valence electrons. The molecule has 5 N–H and O–H groups in total. The van der Waals surface area contributed by atoms with Crippen molar-refractivity contribution in [2.75, 3.05) is 69.7 Å². The number of carbonyl (C=O) groups is 6. The normalized spacial score (nSPS) is 15.7. The van der Waals surface area contributed by atoms with E-state index in [4.69, 9.17) is 47.0 Å². The number of aliphatic hydroxyl groups is 1. The van der Waals surface area contributed by atoms with Crippen molar-refractivity contribution in [2.45, 2.75) is 127 Å². The highest BCUT2D eigenvalue weighted by molar-refractivity contribution is 7.99. The third-order valence-corrected chi connectivity index (χ3v) is 19.3. The fraction of sp³-hybridized carbons (Fsp3) is 0.453. The maximum Gasteiger partial charge on any atom is 0.416 e. The van der Waals surface area contributed by atoms with Crippen LogP contribution in [-0.4, -0.2) is 172 Å². The predicted molar refractivity (Wildman–Crippen MR) is 378 cm³/mol. The number of aryl methyl sites for hydroxylation is 2. The second-order valence-electron chi connectivity index (χ2n) is 22.5. The number of Topliss-reactive ketones (excluding diaryl/α,β-unsaturated/α-hetero) is 1. The molecule has 5 aromatic rings. The minimum atomic E-state index is -4.76. The van der Waals surface area contributed by atoms with E-state index in [9.17, 15) is 77.4 Å². The van der Waals surface area contributed by atoms with Gasteiger partial charge in [-0.2, -0.15) is 45.1 Å². The Morgan fingerprint density at radius 1 is 0.835 bits per heavy atom. The molecule has 0 fully saturated rings. The number of hydrogen-bond acceptors (Lipinski definition) is 27. The molecule has 30 nitrogen and oxygen atoms in total. The van der Waals surface area contributed by atoms with E-state index >= 15 is 0 Å². The maximum absolute atomic E-state index is 12.9. The topological polar surface area (TPSA) is 408 Å². The number of nitrogens with one attached hydrogen (secondary N) is 3. The Morgan fingerprint density at radius 3 is 1.98 bits per heavy atom. The van der Waals surface area contributed by atoms with Crippen LogP contribution in [0, 0.1) is 12.8 Å². The second-order valence-corrected chi connectivity index (χ2v) is 30.6. The van der Waals surface area contributed by atoms with E-state index < -0.39 is 98.1 Å². The van der Waals surface area contributed by atoms with Crippen LogP contribution >= 0.6 is 35.0 Å². The van der Waals surface area contributed by atoms with Crippen molar-refractivity contribution < 1.29 is 106 Å². The maximum atomic E-state index is 12.9. The number of amides is 2. The molecule has 0 bridgehead atoms. The van der Waals surface area contributed by atoms with Gasteiger partial charge in [-0.1, -0.05) is 61.6 Å². The van der Waals surface area contributed by atoms with Crippen LogP contribution < -0.4 is 29.2 Å². The number of rotatable bonds is 26. The highest BCUT2D eigenvalue weighted by atomic mass is 35.5. The molecule has 1 aliphatic carbocycles. The van der Waals surface area contributed by atoms with Crippen molar-refractivity contribution in [1.29, 1.82) is 0 Å². The number of aromatic hydroxyl groups is 1. The van der Waals surface area contributed by atoms with E-state index in [1.54, 1.807) is 43.7 Å². The molecule has 0 radical (unpaired) electrons. The molecule has 0 saturated carbocycles. The number of sulfone groups is 1. The van der Waals surface area contributed by atoms with Gasteiger partial charge in [-0.3, -0.25) is 14.9 Å². The minimum Gasteiger partial charge on any atom is -0.511 e. The Balaban J connectivity index is 0.000000295. The lowest BCUT2D eigenvalue weighted by Gasteiger charge is -2.32. The molecule has 3 heterocycles. The number of aromatic nitrogens is 4. The van der Waals surface area contributed by atoms with Gasteiger partial charge in [-0.05, 0) is 113 Å². The lowest BCUT2D eigenvalue weighted by molar-refractivity contribution is -0.148. The van der Waals surface area contributed by atoms with Gasteiger partial charge in [0.15, 0.2) is 21.2 Å². The SMILES string of the molecule is CCC/C(=N/OCC)C1=C(O)CC(CC(C)SCC)CC1=O.CCOC(=O)C1=NN(c2ccc(Cl)cc2Cl)C(C)(C(=O)OCC)C1.COC(=O)c1ccc(CNS(C)(=O)=O)cc1S(=O)(=O)NC(=O)Nc1nc(OC)cc(OC)n1.Cc1nn(C)c(O)c1C(=O)c1ccc(C(F)(F)F)cc1S(C)(=O)=O. The van der Waals surface area contributed by atoms with Gasteiger partial charge in [0.05, 0.1) is 90.6 Å². The molecule has 1 aliphatic heterocycles. The number of esters is 3. The number of thioether (sulfide) groups is 1. The number of benzene rings is 3. The number of methoxy groups -OCH3 is 3. The zero-order valence-electron chi connectivity index (χ0n) is 58.6. The molecule has 2 aliphatic rings. The van der Waals surface area contributed by atoms with Gasteiger partial charge in [0.2, 0.25) is 39.4 Å². The first kappa shape index (κ1) is 86.8. The molecule has 7 rings (SSSR count). The molecular formula is C64H81Cl2F3N10O20S4. The van der Waals surface area contributed by atoms with Crippen LogP contribution in [0.4, 0.5) is 29.6 Å². The number of carbonyl (C=O) groups excluding carboxylic acids is 6. The Hall–Kier alpha value is -8.62. The van der Waals surface area contributed by atoms with Crippen molar-refractivity contribution in [3.8, 4) is 17.6 Å². The van der Waals surface area contributed by atoms with Crippen molar-refractivity contribution in [1.82, 2.24) is 29.2 Å². The fourth-order valence-corrected chi connectivity index (χ4v) is 13.9. The highest BCUT2D eigenvalue weighted by Crippen LogP contribution is 2.40. The van der Waals surface area contributed by atoms with Gasteiger partial charge in [0.1, 0.15) is 28.5 Å². The lowest BCUT2D eigenvalue weighted by atomic mass is 9.82. The Bertz CT molecular complexity index is 4370. The van der Waals surface area contributed by atoms with Gasteiger partial charge >= 0.3 is 30.1 Å². The highest BCUT2D eigenvalue weighted by Gasteiger charge is 2.50. The van der Waals surface area contributed by atoms with Crippen LogP contribution in [0.15, 0.2) is 92.0 Å². The Kier molecular flexibility index (Phi) is 32.2. The number of aliphatic hydroxyl groups excluding tert-OH is 1. The lowest BCUT2D eigenvalue weighted by Crippen LogP contribution is -2.48. The summed E-state index contributed by atoms with van der Waals surface area (Å²) >= 11 is 14.1. The summed E-state index contributed by atoms with van der Waals surface area (Å²) in [6.07, 6.45) is 0.489. The first-order valence-corrected chi connectivity index (χ1v) is 38.2. The van der Waals surface area contributed by atoms with Crippen molar-refractivity contribution in [3.63, 3.8) is 0 Å². The number of sulfonamides is 2. The molecule has 2 amide bonds. The first-order chi connectivity index (χ1) is 48.1. The quantitative estimate of drug-likeness (QED) is 0.0113. The van der Waals surface area contributed by atoms with Crippen LogP contribution in [0.3, 0.4) is 0 Å². The zero-order valence-corrected chi connectivity index (χ0v) is 63.4. The molecule has 3 aromatic carbocycles. The van der Waals surface area contributed by atoms with Crippen molar-refractivity contribution >= 4 is 123 Å². The number of urea groups is 1. The summed E-state index contributed by atoms with van der Waals surface area (Å²) in [5.41, 5.74) is -1.56. The summed E-state index contributed by atoms with van der Waals surface area (Å²) in [4.78, 5) is 85.4. The molecular weight excluding hydrogens is 1480 g/mol. The van der Waals surface area contributed by atoms with Crippen molar-refractivity contribution in [2.24, 2.45) is 23.2 Å². The number of alkyl halides is 3. The summed E-state index contributed by atoms with van der Waals surface area (Å²) in [7, 11) is -7.28. The third-order valence-electron chi connectivity index (χ3n) is 14.5. The van der Waals surface area contributed by atoms with Gasteiger partial charge in [0, 0.05) is 54.9 Å². The van der Waals surface area contributed by atoms with Gasteiger partial charge in [-0.15, -0.1) is 0 Å². The van der Waals surface area contributed by atoms with E-state index in [1.807, 2.05) is 25.6 Å². The van der Waals surface area contributed by atoms with Gasteiger partial charge < -0.3 is 38.7 Å². The minimum absolute atomic E-state index is 0.00866. The molecule has 39 heteroatoms. The Morgan fingerprint density at radius 2 is 1.47 bits per heavy atom. The summed E-state index contributed by atoms with van der Waals surface area (Å²) < 4.78 is 140. The number of hydrazone groups is 1. The van der Waals surface area contributed by atoms with E-state index in [-0.39, 0.29) is 89.4 Å². The monoisotopic (exact) mass is 1560 g/mol. The number of ether oxygens (including phenoxy) is 5. The number of halogens is 5. The summed E-state index contributed by atoms with van der Waals surface area (Å²) in [6, 6.07) is 10.2. The van der Waals surface area contributed by atoms with Gasteiger partial charge in [-0.25, -0.2) is 63.6 Å². The number of nitrogens with zero attached hydrogens (tertiary/aromatic N) is 7. The van der Waals surface area contributed by atoms with Gasteiger partial charge in [0.25, 0.3) is 10.0 Å². The van der Waals surface area contributed by atoms with E-state index in [1.165, 1.54) is 45.3 Å². The molecule has 3 unspecified atom stereocenters. The second kappa shape index (κ2) is 38.2. The van der Waals surface area contributed by atoms with Crippen LogP contribution in [-0.2, 0) is 83.1 Å².